The Bertz CT molecular complexity index is 1170. The van der Waals surface area contributed by atoms with Crippen LogP contribution < -0.4 is 9.04 Å². The molecule has 0 aromatic heterocycles. The molecule has 0 bridgehead atoms. The van der Waals surface area contributed by atoms with E-state index in [-0.39, 0.29) is 16.3 Å². The number of hydrogen-bond donors (Lipinski definition) is 0. The van der Waals surface area contributed by atoms with E-state index in [0.717, 1.165) is 12.1 Å². The molecule has 5 nitrogen and oxygen atoms in total. The molecule has 0 fully saturated rings. The molecule has 0 unspecified atom stereocenters. The summed E-state index contributed by atoms with van der Waals surface area (Å²) in [5.41, 5.74) is -1.38. The van der Waals surface area contributed by atoms with Gasteiger partial charge in [0.1, 0.15) is 12.3 Å². The molecule has 3 rings (SSSR count). The van der Waals surface area contributed by atoms with Gasteiger partial charge in [-0.05, 0) is 54.6 Å². The highest BCUT2D eigenvalue weighted by Gasteiger charge is 2.33. The molecule has 3 aromatic carbocycles. The lowest BCUT2D eigenvalue weighted by atomic mass is 10.2. The number of sulfonamides is 1. The van der Waals surface area contributed by atoms with Crippen LogP contribution in [0.15, 0.2) is 83.8 Å². The van der Waals surface area contributed by atoms with E-state index in [1.165, 1.54) is 54.6 Å². The lowest BCUT2D eigenvalue weighted by Gasteiger charge is -2.24. The molecule has 0 aliphatic carbocycles. The summed E-state index contributed by atoms with van der Waals surface area (Å²) in [5, 5.41) is 0.400. The molecule has 0 saturated heterocycles. The number of halogens is 4. The molecule has 0 amide bonds. The maximum atomic E-state index is 13.2. The Morgan fingerprint density at radius 2 is 1.58 bits per heavy atom. The third-order valence-corrected chi connectivity index (χ3v) is 6.15. The van der Waals surface area contributed by atoms with Crippen LogP contribution in [0, 0.1) is 0 Å². The van der Waals surface area contributed by atoms with Crippen molar-refractivity contribution in [2.24, 2.45) is 0 Å². The van der Waals surface area contributed by atoms with Gasteiger partial charge in [0.2, 0.25) is 0 Å². The summed E-state index contributed by atoms with van der Waals surface area (Å²) in [7, 11) is -4.37. The molecule has 0 radical (unpaired) electrons. The average Bonchev–Trinajstić information content (AvgIpc) is 2.74. The van der Waals surface area contributed by atoms with Gasteiger partial charge in [0.25, 0.3) is 10.0 Å². The zero-order valence-electron chi connectivity index (χ0n) is 15.7. The van der Waals surface area contributed by atoms with Gasteiger partial charge in [0.05, 0.1) is 16.1 Å². The molecule has 0 atom stereocenters. The van der Waals surface area contributed by atoms with Crippen molar-refractivity contribution in [1.82, 2.24) is 0 Å². The van der Waals surface area contributed by atoms with Crippen LogP contribution in [0.2, 0.25) is 5.02 Å². The Balaban J connectivity index is 1.99. The van der Waals surface area contributed by atoms with Gasteiger partial charge in [0, 0.05) is 5.02 Å². The summed E-state index contributed by atoms with van der Waals surface area (Å²) in [4.78, 5) is 12.3. The number of carbonyl (C=O) groups excluding carboxylic acids is 1. The molecule has 10 heteroatoms. The van der Waals surface area contributed by atoms with E-state index in [2.05, 4.69) is 0 Å². The summed E-state index contributed by atoms with van der Waals surface area (Å²) in [5.74, 6) is -0.880. The van der Waals surface area contributed by atoms with Crippen molar-refractivity contribution in [3.8, 4) is 5.75 Å². The Kier molecular flexibility index (Phi) is 6.56. The Morgan fingerprint density at radius 1 is 0.935 bits per heavy atom. The number of esters is 1. The monoisotopic (exact) mass is 469 g/mol. The van der Waals surface area contributed by atoms with Gasteiger partial charge in [0.15, 0.2) is 0 Å². The van der Waals surface area contributed by atoms with Gasteiger partial charge in [-0.25, -0.2) is 13.2 Å². The number of benzene rings is 3. The first kappa shape index (κ1) is 22.6. The summed E-state index contributed by atoms with van der Waals surface area (Å²) in [6.45, 7) is -0.846. The molecule has 0 heterocycles. The second-order valence-electron chi connectivity index (χ2n) is 6.30. The van der Waals surface area contributed by atoms with Crippen LogP contribution in [0.25, 0.3) is 0 Å². The normalized spacial score (nSPS) is 11.7. The van der Waals surface area contributed by atoms with E-state index < -0.39 is 34.3 Å². The van der Waals surface area contributed by atoms with Crippen molar-refractivity contribution in [3.63, 3.8) is 0 Å². The molecule has 0 spiro atoms. The molecule has 0 N–H and O–H groups in total. The van der Waals surface area contributed by atoms with E-state index >= 15 is 0 Å². The first-order valence-electron chi connectivity index (χ1n) is 8.79. The fraction of sp³-hybridized carbons (Fsp3) is 0.0952. The van der Waals surface area contributed by atoms with Gasteiger partial charge in [-0.3, -0.25) is 4.31 Å². The van der Waals surface area contributed by atoms with Gasteiger partial charge in [-0.2, -0.15) is 13.2 Å². The molecular weight excluding hydrogens is 455 g/mol. The first-order valence-corrected chi connectivity index (χ1v) is 10.6. The third-order valence-electron chi connectivity index (χ3n) is 4.11. The minimum atomic E-state index is -4.69. The van der Waals surface area contributed by atoms with Crippen LogP contribution in [0.4, 0.5) is 18.9 Å². The van der Waals surface area contributed by atoms with E-state index in [9.17, 15) is 26.4 Å². The summed E-state index contributed by atoms with van der Waals surface area (Å²) < 4.78 is 71.5. The Morgan fingerprint density at radius 3 is 2.19 bits per heavy atom. The Hall–Kier alpha value is -3.04. The largest absolute Gasteiger partial charge is 0.425 e. The highest BCUT2D eigenvalue weighted by molar-refractivity contribution is 7.92. The number of alkyl halides is 3. The smallest absolute Gasteiger partial charge is 0.416 e. The summed E-state index contributed by atoms with van der Waals surface area (Å²) in [6.07, 6.45) is -4.69. The molecule has 3 aromatic rings. The number of nitrogens with zero attached hydrogens (tertiary/aromatic N) is 1. The fourth-order valence-electron chi connectivity index (χ4n) is 2.66. The molecule has 31 heavy (non-hydrogen) atoms. The van der Waals surface area contributed by atoms with Crippen LogP contribution in [-0.4, -0.2) is 20.9 Å². The van der Waals surface area contributed by atoms with Crippen LogP contribution in [0.1, 0.15) is 5.56 Å². The quantitative estimate of drug-likeness (QED) is 0.369. The van der Waals surface area contributed by atoms with E-state index in [1.807, 2.05) is 0 Å². The molecule has 0 aliphatic heterocycles. The van der Waals surface area contributed by atoms with Crippen molar-refractivity contribution in [3.05, 3.63) is 89.4 Å². The van der Waals surface area contributed by atoms with Gasteiger partial charge in [-0.15, -0.1) is 0 Å². The van der Waals surface area contributed by atoms with Gasteiger partial charge < -0.3 is 4.74 Å². The molecule has 0 saturated carbocycles. The average molecular weight is 470 g/mol. The van der Waals surface area contributed by atoms with Crippen molar-refractivity contribution in [1.29, 1.82) is 0 Å². The second-order valence-corrected chi connectivity index (χ2v) is 8.60. The van der Waals surface area contributed by atoms with E-state index in [4.69, 9.17) is 16.3 Å². The van der Waals surface area contributed by atoms with E-state index in [1.54, 1.807) is 6.07 Å². The third kappa shape index (κ3) is 5.56. The zero-order valence-corrected chi connectivity index (χ0v) is 17.3. The van der Waals surface area contributed by atoms with Crippen molar-refractivity contribution >= 4 is 33.3 Å². The fourth-order valence-corrected chi connectivity index (χ4v) is 4.20. The second kappa shape index (κ2) is 8.99. The van der Waals surface area contributed by atoms with E-state index in [0.29, 0.717) is 15.4 Å². The van der Waals surface area contributed by atoms with Gasteiger partial charge in [-0.1, -0.05) is 35.9 Å². The van der Waals surface area contributed by atoms with Crippen molar-refractivity contribution in [2.75, 3.05) is 10.8 Å². The van der Waals surface area contributed by atoms with Crippen LogP contribution >= 0.6 is 11.6 Å². The summed E-state index contributed by atoms with van der Waals surface area (Å²) in [6, 6.07) is 16.5. The minimum Gasteiger partial charge on any atom is -0.425 e. The number of hydrogen-bond acceptors (Lipinski definition) is 4. The topological polar surface area (TPSA) is 63.7 Å². The predicted octanol–water partition coefficient (Wildman–Crippen LogP) is 5.16. The van der Waals surface area contributed by atoms with Crippen LogP contribution in [0.5, 0.6) is 5.75 Å². The maximum absolute atomic E-state index is 13.2. The Labute approximate surface area is 181 Å². The van der Waals surface area contributed by atoms with Crippen LogP contribution in [-0.2, 0) is 21.0 Å². The number of ether oxygens (including phenoxy) is 1. The molecule has 0 aliphatic rings. The lowest BCUT2D eigenvalue weighted by Crippen LogP contribution is -2.37. The number of anilines is 1. The molecular formula is C21H15ClF3NO4S. The highest BCUT2D eigenvalue weighted by atomic mass is 35.5. The zero-order chi connectivity index (χ0) is 22.6. The first-order chi connectivity index (χ1) is 14.6. The number of carbonyl (C=O) groups is 1. The van der Waals surface area contributed by atoms with Crippen molar-refractivity contribution < 1.29 is 31.1 Å². The standard InChI is InChI=1S/C21H15ClF3NO4S/c22-16-9-11-18(12-10-16)30-20(27)14-26(31(28,29)19-7-2-1-3-8-19)17-6-4-5-15(13-17)21(23,24)25/h1-13H,14H2. The highest BCUT2D eigenvalue weighted by Crippen LogP contribution is 2.33. The molecule has 162 valence electrons. The van der Waals surface area contributed by atoms with Crippen molar-refractivity contribution in [2.45, 2.75) is 11.1 Å². The maximum Gasteiger partial charge on any atom is 0.416 e. The SMILES string of the molecule is O=C(CN(c1cccc(C(F)(F)F)c1)S(=O)(=O)c1ccccc1)Oc1ccc(Cl)cc1. The number of rotatable bonds is 6. The lowest BCUT2D eigenvalue weighted by molar-refractivity contribution is -0.137. The predicted molar refractivity (Wildman–Crippen MR) is 110 cm³/mol. The summed E-state index contributed by atoms with van der Waals surface area (Å²) >= 11 is 5.77. The van der Waals surface area contributed by atoms with Gasteiger partial charge >= 0.3 is 12.1 Å². The minimum absolute atomic E-state index is 0.107. The van der Waals surface area contributed by atoms with Crippen LogP contribution in [0.3, 0.4) is 0 Å².